The molecule has 0 aliphatic heterocycles. The molecule has 1 amide bonds. The summed E-state index contributed by atoms with van der Waals surface area (Å²) in [5, 5.41) is 3.31. The molecular formula is C17H18ClNO2S. The Morgan fingerprint density at radius 3 is 2.77 bits per heavy atom. The first-order valence-electron chi connectivity index (χ1n) is 6.85. The number of carbonyl (C=O) groups is 1. The van der Waals surface area contributed by atoms with Gasteiger partial charge >= 0.3 is 0 Å². The lowest BCUT2D eigenvalue weighted by Crippen LogP contribution is -2.14. The van der Waals surface area contributed by atoms with Crippen molar-refractivity contribution in [3.63, 3.8) is 0 Å². The van der Waals surface area contributed by atoms with Gasteiger partial charge in [0.05, 0.1) is 17.9 Å². The molecule has 0 aliphatic carbocycles. The van der Waals surface area contributed by atoms with Crippen molar-refractivity contribution in [1.29, 1.82) is 0 Å². The molecule has 116 valence electrons. The molecule has 0 aromatic heterocycles. The number of anilines is 1. The van der Waals surface area contributed by atoms with Gasteiger partial charge in [0.2, 0.25) is 5.91 Å². The maximum atomic E-state index is 11.9. The predicted molar refractivity (Wildman–Crippen MR) is 94.0 cm³/mol. The fraction of sp³-hybridized carbons (Fsp3) is 0.235. The van der Waals surface area contributed by atoms with Crippen LogP contribution in [-0.2, 0) is 10.5 Å². The van der Waals surface area contributed by atoms with Gasteiger partial charge in [-0.3, -0.25) is 4.79 Å². The van der Waals surface area contributed by atoms with E-state index >= 15 is 0 Å². The fourth-order valence-electron chi connectivity index (χ4n) is 2.00. The number of benzene rings is 2. The summed E-state index contributed by atoms with van der Waals surface area (Å²) in [6.07, 6.45) is 0. The first-order valence-corrected chi connectivity index (χ1v) is 8.38. The SMILES string of the molecule is COc1ccc(NC(=O)CSCc2cccc(C)c2)cc1Cl. The summed E-state index contributed by atoms with van der Waals surface area (Å²) in [6, 6.07) is 13.5. The molecule has 2 rings (SSSR count). The smallest absolute Gasteiger partial charge is 0.234 e. The van der Waals surface area contributed by atoms with Crippen LogP contribution in [0.2, 0.25) is 5.02 Å². The van der Waals surface area contributed by atoms with E-state index in [1.165, 1.54) is 11.1 Å². The molecule has 2 aromatic carbocycles. The van der Waals surface area contributed by atoms with Crippen molar-refractivity contribution in [1.82, 2.24) is 0 Å². The average Bonchev–Trinajstić information content (AvgIpc) is 2.47. The van der Waals surface area contributed by atoms with Crippen LogP contribution in [0.1, 0.15) is 11.1 Å². The molecule has 0 saturated heterocycles. The van der Waals surface area contributed by atoms with Crippen molar-refractivity contribution in [3.05, 3.63) is 58.6 Å². The summed E-state index contributed by atoms with van der Waals surface area (Å²) >= 11 is 7.62. The van der Waals surface area contributed by atoms with Gasteiger partial charge < -0.3 is 10.1 Å². The van der Waals surface area contributed by atoms with Crippen LogP contribution >= 0.6 is 23.4 Å². The van der Waals surface area contributed by atoms with Crippen LogP contribution in [0.5, 0.6) is 5.75 Å². The highest BCUT2D eigenvalue weighted by Crippen LogP contribution is 2.27. The van der Waals surface area contributed by atoms with Gasteiger partial charge in [0, 0.05) is 11.4 Å². The van der Waals surface area contributed by atoms with Gasteiger partial charge in [-0.25, -0.2) is 0 Å². The van der Waals surface area contributed by atoms with Gasteiger partial charge in [-0.05, 0) is 30.7 Å². The predicted octanol–water partition coefficient (Wildman–Crippen LogP) is 4.53. The lowest BCUT2D eigenvalue weighted by atomic mass is 10.2. The third kappa shape index (κ3) is 4.97. The molecule has 0 saturated carbocycles. The Morgan fingerprint density at radius 2 is 2.09 bits per heavy atom. The number of nitrogens with one attached hydrogen (secondary N) is 1. The average molecular weight is 336 g/mol. The normalized spacial score (nSPS) is 10.3. The zero-order valence-corrected chi connectivity index (χ0v) is 14.1. The van der Waals surface area contributed by atoms with Crippen LogP contribution < -0.4 is 10.1 Å². The van der Waals surface area contributed by atoms with E-state index in [0.29, 0.717) is 22.2 Å². The molecule has 0 radical (unpaired) electrons. The second kappa shape index (κ2) is 8.11. The number of hydrogen-bond acceptors (Lipinski definition) is 3. The first kappa shape index (κ1) is 16.7. The van der Waals surface area contributed by atoms with Crippen molar-refractivity contribution in [2.45, 2.75) is 12.7 Å². The Kier molecular flexibility index (Phi) is 6.16. The zero-order chi connectivity index (χ0) is 15.9. The number of aryl methyl sites for hydroxylation is 1. The van der Waals surface area contributed by atoms with Gasteiger partial charge in [-0.15, -0.1) is 11.8 Å². The minimum absolute atomic E-state index is 0.0427. The third-order valence-corrected chi connectivity index (χ3v) is 4.32. The monoisotopic (exact) mass is 335 g/mol. The maximum absolute atomic E-state index is 11.9. The number of hydrogen-bond donors (Lipinski definition) is 1. The summed E-state index contributed by atoms with van der Waals surface area (Å²) in [4.78, 5) is 11.9. The number of methoxy groups -OCH3 is 1. The van der Waals surface area contributed by atoms with E-state index in [0.717, 1.165) is 5.75 Å². The van der Waals surface area contributed by atoms with E-state index in [2.05, 4.69) is 30.4 Å². The van der Waals surface area contributed by atoms with Gasteiger partial charge in [-0.2, -0.15) is 0 Å². The number of thioether (sulfide) groups is 1. The number of ether oxygens (including phenoxy) is 1. The largest absolute Gasteiger partial charge is 0.495 e. The van der Waals surface area contributed by atoms with Crippen LogP contribution in [-0.4, -0.2) is 18.8 Å². The van der Waals surface area contributed by atoms with Gasteiger partial charge in [0.25, 0.3) is 0 Å². The minimum atomic E-state index is -0.0427. The standard InChI is InChI=1S/C17H18ClNO2S/c1-12-4-3-5-13(8-12)10-22-11-17(20)19-14-6-7-16(21-2)15(18)9-14/h3-9H,10-11H2,1-2H3,(H,19,20). The summed E-state index contributed by atoms with van der Waals surface area (Å²) in [7, 11) is 1.56. The minimum Gasteiger partial charge on any atom is -0.495 e. The molecule has 0 heterocycles. The molecule has 1 N–H and O–H groups in total. The summed E-state index contributed by atoms with van der Waals surface area (Å²) in [5.41, 5.74) is 3.13. The second-order valence-corrected chi connectivity index (χ2v) is 6.27. The molecule has 3 nitrogen and oxygen atoms in total. The Bertz CT molecular complexity index is 661. The molecule has 0 bridgehead atoms. The molecule has 22 heavy (non-hydrogen) atoms. The van der Waals surface area contributed by atoms with Crippen LogP contribution in [0.3, 0.4) is 0 Å². The second-order valence-electron chi connectivity index (χ2n) is 4.88. The maximum Gasteiger partial charge on any atom is 0.234 e. The molecule has 0 unspecified atom stereocenters. The molecule has 0 atom stereocenters. The highest BCUT2D eigenvalue weighted by molar-refractivity contribution is 7.99. The summed E-state index contributed by atoms with van der Waals surface area (Å²) < 4.78 is 5.08. The molecular weight excluding hydrogens is 318 g/mol. The Hall–Kier alpha value is -1.65. The van der Waals surface area contributed by atoms with Crippen molar-refractivity contribution in [3.8, 4) is 5.75 Å². The topological polar surface area (TPSA) is 38.3 Å². The zero-order valence-electron chi connectivity index (χ0n) is 12.6. The highest BCUT2D eigenvalue weighted by atomic mass is 35.5. The molecule has 0 aliphatic rings. The molecule has 0 spiro atoms. The molecule has 5 heteroatoms. The quantitative estimate of drug-likeness (QED) is 0.843. The van der Waals surface area contributed by atoms with Crippen LogP contribution in [0.25, 0.3) is 0 Å². The summed E-state index contributed by atoms with van der Waals surface area (Å²) in [6.45, 7) is 2.06. The van der Waals surface area contributed by atoms with Crippen LogP contribution in [0, 0.1) is 6.92 Å². The number of rotatable bonds is 6. The number of amides is 1. The Balaban J connectivity index is 1.82. The third-order valence-electron chi connectivity index (χ3n) is 3.02. The van der Waals surface area contributed by atoms with Gasteiger partial charge in [-0.1, -0.05) is 41.4 Å². The Labute approximate surface area is 140 Å². The van der Waals surface area contributed by atoms with Crippen molar-refractivity contribution < 1.29 is 9.53 Å². The van der Waals surface area contributed by atoms with Gasteiger partial charge in [0.15, 0.2) is 0 Å². The lowest BCUT2D eigenvalue weighted by molar-refractivity contribution is -0.113. The number of halogens is 1. The van der Waals surface area contributed by atoms with E-state index in [9.17, 15) is 4.79 Å². The van der Waals surface area contributed by atoms with Crippen LogP contribution in [0.15, 0.2) is 42.5 Å². The van der Waals surface area contributed by atoms with Gasteiger partial charge in [0.1, 0.15) is 5.75 Å². The Morgan fingerprint density at radius 1 is 1.27 bits per heavy atom. The molecule has 2 aromatic rings. The van der Waals surface area contributed by atoms with E-state index in [1.807, 2.05) is 6.07 Å². The lowest BCUT2D eigenvalue weighted by Gasteiger charge is -2.08. The van der Waals surface area contributed by atoms with E-state index < -0.39 is 0 Å². The van der Waals surface area contributed by atoms with E-state index in [4.69, 9.17) is 16.3 Å². The fourth-order valence-corrected chi connectivity index (χ4v) is 3.04. The van der Waals surface area contributed by atoms with Crippen molar-refractivity contribution in [2.75, 3.05) is 18.2 Å². The summed E-state index contributed by atoms with van der Waals surface area (Å²) in [5.74, 6) is 1.77. The first-order chi connectivity index (χ1) is 10.6. The molecule has 0 fully saturated rings. The van der Waals surface area contributed by atoms with E-state index in [-0.39, 0.29) is 5.91 Å². The van der Waals surface area contributed by atoms with Crippen molar-refractivity contribution in [2.24, 2.45) is 0 Å². The number of carbonyl (C=O) groups excluding carboxylic acids is 1. The van der Waals surface area contributed by atoms with Crippen LogP contribution in [0.4, 0.5) is 5.69 Å². The van der Waals surface area contributed by atoms with Crippen molar-refractivity contribution >= 4 is 35.0 Å². The highest BCUT2D eigenvalue weighted by Gasteiger charge is 2.06. The van der Waals surface area contributed by atoms with E-state index in [1.54, 1.807) is 37.1 Å².